The number of aliphatic hydroxyl groups is 2. The number of unbranched alkanes of at least 4 members (excludes halogenated alkanes) is 13. The number of phosphoric acid groups is 1. The lowest BCUT2D eigenvalue weighted by Gasteiger charge is -2.20. The number of ether oxygens (including phenoxy) is 2. The van der Waals surface area contributed by atoms with E-state index in [4.69, 9.17) is 23.6 Å². The Labute approximate surface area is 347 Å². The van der Waals surface area contributed by atoms with Crippen LogP contribution < -0.4 is 0 Å². The number of aliphatic hydroxyl groups excluding tert-OH is 2. The van der Waals surface area contributed by atoms with Gasteiger partial charge < -0.3 is 24.6 Å². The van der Waals surface area contributed by atoms with Crippen LogP contribution in [0.25, 0.3) is 0 Å². The van der Waals surface area contributed by atoms with E-state index in [1.807, 2.05) is 6.08 Å². The van der Waals surface area contributed by atoms with Crippen molar-refractivity contribution in [3.05, 3.63) is 85.1 Å². The molecule has 0 saturated heterocycles. The number of phosphoric ester groups is 1. The van der Waals surface area contributed by atoms with Crippen molar-refractivity contribution in [3.8, 4) is 0 Å². The SMILES string of the molecule is CC/C=C\C/C=C\C/C=C\C/C=C\C/C=C\C/C=C\C/C=C\CCCC(=O)OC(COCCCCCCCCCCCCCCC)COP(=O)(O)OCC(O)CO. The number of carbonyl (C=O) groups is 1. The van der Waals surface area contributed by atoms with E-state index in [0.29, 0.717) is 13.0 Å². The predicted octanol–water partition coefficient (Wildman–Crippen LogP) is 12.3. The maximum atomic E-state index is 12.6. The Balaban J connectivity index is 4.29. The summed E-state index contributed by atoms with van der Waals surface area (Å²) in [6, 6.07) is 0. The van der Waals surface area contributed by atoms with Crippen LogP contribution in [0.3, 0.4) is 0 Å². The average molecular weight is 821 g/mol. The second-order valence-corrected chi connectivity index (χ2v) is 15.8. The molecule has 0 radical (unpaired) electrons. The third-order valence-electron chi connectivity index (χ3n) is 8.85. The van der Waals surface area contributed by atoms with Gasteiger partial charge in [0.1, 0.15) is 12.2 Å². The van der Waals surface area contributed by atoms with Gasteiger partial charge in [-0.05, 0) is 64.2 Å². The first-order chi connectivity index (χ1) is 27.8. The molecule has 9 nitrogen and oxygen atoms in total. The molecule has 3 atom stereocenters. The summed E-state index contributed by atoms with van der Waals surface area (Å²) in [5.74, 6) is -0.442. The fraction of sp³-hybridized carbons (Fsp3) is 0.681. The molecule has 0 saturated carbocycles. The molecule has 10 heteroatoms. The molecule has 0 heterocycles. The van der Waals surface area contributed by atoms with Gasteiger partial charge in [0.2, 0.25) is 0 Å². The molecular formula is C47H81O9P. The average Bonchev–Trinajstić information content (AvgIpc) is 3.20. The summed E-state index contributed by atoms with van der Waals surface area (Å²) in [5, 5.41) is 18.3. The second-order valence-electron chi connectivity index (χ2n) is 14.3. The molecule has 0 aromatic heterocycles. The van der Waals surface area contributed by atoms with E-state index in [2.05, 4.69) is 92.8 Å². The van der Waals surface area contributed by atoms with Crippen LogP contribution in [0.2, 0.25) is 0 Å². The Bertz CT molecular complexity index is 1160. The predicted molar refractivity (Wildman–Crippen MR) is 237 cm³/mol. The molecule has 3 unspecified atom stereocenters. The van der Waals surface area contributed by atoms with E-state index < -0.39 is 45.8 Å². The van der Waals surface area contributed by atoms with Crippen molar-refractivity contribution in [1.29, 1.82) is 0 Å². The van der Waals surface area contributed by atoms with Crippen LogP contribution in [-0.4, -0.2) is 66.3 Å². The normalized spacial score (nSPS) is 14.8. The van der Waals surface area contributed by atoms with E-state index >= 15 is 0 Å². The molecule has 3 N–H and O–H groups in total. The molecule has 0 aromatic rings. The Morgan fingerprint density at radius 2 is 0.982 bits per heavy atom. The number of rotatable bonds is 41. The highest BCUT2D eigenvalue weighted by atomic mass is 31.2. The lowest BCUT2D eigenvalue weighted by atomic mass is 10.0. The van der Waals surface area contributed by atoms with Gasteiger partial charge in [-0.1, -0.05) is 176 Å². The molecule has 0 aromatic carbocycles. The van der Waals surface area contributed by atoms with Gasteiger partial charge in [0.05, 0.1) is 26.4 Å². The lowest BCUT2D eigenvalue weighted by molar-refractivity contribution is -0.154. The summed E-state index contributed by atoms with van der Waals surface area (Å²) < 4.78 is 33.3. The number of allylic oxidation sites excluding steroid dienone is 14. The number of hydrogen-bond acceptors (Lipinski definition) is 8. The van der Waals surface area contributed by atoms with Gasteiger partial charge in [-0.15, -0.1) is 0 Å². The van der Waals surface area contributed by atoms with E-state index in [-0.39, 0.29) is 13.0 Å². The van der Waals surface area contributed by atoms with Crippen molar-refractivity contribution in [2.75, 3.05) is 33.0 Å². The molecule has 0 fully saturated rings. The summed E-state index contributed by atoms with van der Waals surface area (Å²) in [6.07, 6.45) is 52.6. The van der Waals surface area contributed by atoms with Gasteiger partial charge in [0.15, 0.2) is 0 Å². The van der Waals surface area contributed by atoms with Crippen LogP contribution in [0.5, 0.6) is 0 Å². The molecule has 0 aliphatic heterocycles. The number of hydrogen-bond donors (Lipinski definition) is 3. The van der Waals surface area contributed by atoms with Crippen LogP contribution in [0.15, 0.2) is 85.1 Å². The van der Waals surface area contributed by atoms with Crippen molar-refractivity contribution >= 4 is 13.8 Å². The van der Waals surface area contributed by atoms with Crippen molar-refractivity contribution in [2.24, 2.45) is 0 Å². The summed E-state index contributed by atoms with van der Waals surface area (Å²) in [5.41, 5.74) is 0. The fourth-order valence-electron chi connectivity index (χ4n) is 5.52. The first kappa shape index (κ1) is 54.6. The molecule has 0 aliphatic rings. The van der Waals surface area contributed by atoms with E-state index in [1.54, 1.807) is 0 Å². The van der Waals surface area contributed by atoms with Gasteiger partial charge in [0, 0.05) is 13.0 Å². The Morgan fingerprint density at radius 3 is 1.44 bits per heavy atom. The lowest BCUT2D eigenvalue weighted by Crippen LogP contribution is -2.29. The zero-order chi connectivity index (χ0) is 41.8. The highest BCUT2D eigenvalue weighted by molar-refractivity contribution is 7.47. The molecular weight excluding hydrogens is 739 g/mol. The highest BCUT2D eigenvalue weighted by Gasteiger charge is 2.26. The van der Waals surface area contributed by atoms with Gasteiger partial charge in [0.25, 0.3) is 0 Å². The zero-order valence-corrected chi connectivity index (χ0v) is 36.7. The van der Waals surface area contributed by atoms with Crippen LogP contribution in [0.4, 0.5) is 0 Å². The zero-order valence-electron chi connectivity index (χ0n) is 35.8. The minimum Gasteiger partial charge on any atom is -0.457 e. The molecule has 57 heavy (non-hydrogen) atoms. The number of esters is 1. The summed E-state index contributed by atoms with van der Waals surface area (Å²) in [7, 11) is -4.54. The third kappa shape index (κ3) is 43.1. The van der Waals surface area contributed by atoms with Crippen molar-refractivity contribution in [1.82, 2.24) is 0 Å². The van der Waals surface area contributed by atoms with Gasteiger partial charge in [-0.3, -0.25) is 13.8 Å². The Morgan fingerprint density at radius 1 is 0.561 bits per heavy atom. The maximum absolute atomic E-state index is 12.6. The van der Waals surface area contributed by atoms with Crippen molar-refractivity contribution in [3.63, 3.8) is 0 Å². The second kappa shape index (κ2) is 43.2. The number of carbonyl (C=O) groups excluding carboxylic acids is 1. The maximum Gasteiger partial charge on any atom is 0.472 e. The Hall–Kier alpha value is -2.36. The van der Waals surface area contributed by atoms with Gasteiger partial charge >= 0.3 is 13.8 Å². The van der Waals surface area contributed by atoms with E-state index in [1.165, 1.54) is 64.2 Å². The summed E-state index contributed by atoms with van der Waals surface area (Å²) in [6.45, 7) is 3.31. The van der Waals surface area contributed by atoms with Gasteiger partial charge in [-0.25, -0.2) is 4.57 Å². The minimum absolute atomic E-state index is 0.0229. The summed E-state index contributed by atoms with van der Waals surface area (Å²) >= 11 is 0. The fourth-order valence-corrected chi connectivity index (χ4v) is 6.31. The third-order valence-corrected chi connectivity index (χ3v) is 9.80. The van der Waals surface area contributed by atoms with Crippen molar-refractivity contribution < 1.29 is 43.0 Å². The first-order valence-electron chi connectivity index (χ1n) is 22.1. The topological polar surface area (TPSA) is 132 Å². The van der Waals surface area contributed by atoms with Crippen LogP contribution in [0.1, 0.15) is 162 Å². The quantitative estimate of drug-likeness (QED) is 0.0239. The van der Waals surface area contributed by atoms with Crippen LogP contribution >= 0.6 is 7.82 Å². The van der Waals surface area contributed by atoms with Crippen LogP contribution in [0, 0.1) is 0 Å². The molecule has 328 valence electrons. The monoisotopic (exact) mass is 821 g/mol. The highest BCUT2D eigenvalue weighted by Crippen LogP contribution is 2.43. The standard InChI is InChI=1S/C47H81O9P/c1-3-5-7-9-11-13-15-17-18-19-20-21-22-23-24-25-26-27-29-31-33-35-37-39-47(50)56-46(44-55-57(51,52)54-42-45(49)41-48)43-53-40-38-36-34-32-30-28-16-14-12-10-8-6-4-2/h5,7,11,13,17-18,20-21,23-24,26-27,31,33,45-46,48-49H,3-4,6,8-10,12,14-16,19,22,25,28-30,32,34-44H2,1-2H3,(H,51,52)/b7-5-,13-11-,18-17-,21-20-,24-23-,27-26-,33-31-. The largest absolute Gasteiger partial charge is 0.472 e. The van der Waals surface area contributed by atoms with Crippen molar-refractivity contribution in [2.45, 2.75) is 174 Å². The molecule has 0 bridgehead atoms. The molecule has 0 amide bonds. The first-order valence-corrected chi connectivity index (χ1v) is 23.6. The Kier molecular flexibility index (Phi) is 41.4. The molecule has 0 spiro atoms. The van der Waals surface area contributed by atoms with Gasteiger partial charge in [-0.2, -0.15) is 0 Å². The van der Waals surface area contributed by atoms with E-state index in [0.717, 1.165) is 70.6 Å². The van der Waals surface area contributed by atoms with Crippen LogP contribution in [-0.2, 0) is 27.9 Å². The summed E-state index contributed by atoms with van der Waals surface area (Å²) in [4.78, 5) is 22.6. The van der Waals surface area contributed by atoms with E-state index in [9.17, 15) is 19.4 Å². The smallest absolute Gasteiger partial charge is 0.457 e. The molecule has 0 aliphatic carbocycles. The molecule has 0 rings (SSSR count). The minimum atomic E-state index is -4.54.